The number of ketones is 1. The Morgan fingerprint density at radius 1 is 0.841 bits per heavy atom. The number of unbranched alkanes of at least 4 members (excludes halogenated alkanes) is 10. The largest absolute Gasteiger partial charge is 0.481 e. The zero-order valence-corrected chi connectivity index (χ0v) is 38.4. The van der Waals surface area contributed by atoms with Gasteiger partial charge in [-0.2, -0.15) is 0 Å². The lowest BCUT2D eigenvalue weighted by atomic mass is 9.84. The molecule has 1 unspecified atom stereocenters. The number of esters is 2. The molecule has 0 N–H and O–H groups in total. The molecule has 0 bridgehead atoms. The topological polar surface area (TPSA) is 132 Å². The monoisotopic (exact) mass is 862 g/mol. The summed E-state index contributed by atoms with van der Waals surface area (Å²) >= 11 is 0. The van der Waals surface area contributed by atoms with E-state index < -0.39 is 29.7 Å². The molecule has 2 aromatic heterocycles. The molecule has 3 aliphatic heterocycles. The van der Waals surface area contributed by atoms with Gasteiger partial charge in [0.15, 0.2) is 18.0 Å². The summed E-state index contributed by atoms with van der Waals surface area (Å²) < 4.78 is 31.9. The molecule has 0 amide bonds. The smallest absolute Gasteiger partial charge is 0.355 e. The zero-order chi connectivity index (χ0) is 44.7. The Hall–Kier alpha value is -5.03. The fraction of sp³-hybridized carbons (Fsp3) is 0.558. The number of benzene rings is 2. The molecule has 0 fully saturated rings. The van der Waals surface area contributed by atoms with E-state index in [1.54, 1.807) is 17.6 Å². The van der Waals surface area contributed by atoms with E-state index in [0.717, 1.165) is 96.9 Å². The molecular formula is C52H66N2O9. The van der Waals surface area contributed by atoms with Gasteiger partial charge in [0.25, 0.3) is 5.56 Å². The molecule has 0 saturated carbocycles. The van der Waals surface area contributed by atoms with Crippen LogP contribution in [0.3, 0.4) is 0 Å². The van der Waals surface area contributed by atoms with Crippen LogP contribution in [0.1, 0.15) is 156 Å². The van der Waals surface area contributed by atoms with Crippen LogP contribution in [0.5, 0.6) is 11.5 Å². The van der Waals surface area contributed by atoms with E-state index in [1.165, 1.54) is 32.1 Å². The van der Waals surface area contributed by atoms with Gasteiger partial charge in [-0.1, -0.05) is 89.8 Å². The number of para-hydroxylation sites is 1. The summed E-state index contributed by atoms with van der Waals surface area (Å²) in [6.07, 6.45) is 15.8. The van der Waals surface area contributed by atoms with Crippen LogP contribution in [-0.2, 0) is 53.8 Å². The molecule has 0 saturated heterocycles. The number of rotatable bonds is 22. The maximum absolute atomic E-state index is 14.0. The van der Waals surface area contributed by atoms with Crippen LogP contribution in [-0.4, -0.2) is 52.7 Å². The molecule has 11 heteroatoms. The average molecular weight is 863 g/mol. The van der Waals surface area contributed by atoms with E-state index in [1.807, 2.05) is 58.0 Å². The van der Waals surface area contributed by atoms with Crippen molar-refractivity contribution in [3.05, 3.63) is 85.7 Å². The summed E-state index contributed by atoms with van der Waals surface area (Å²) in [5, 5.41) is 0.968. The molecule has 7 rings (SSSR count). The van der Waals surface area contributed by atoms with E-state index in [-0.39, 0.29) is 29.9 Å². The molecule has 0 aliphatic carbocycles. The predicted octanol–water partition coefficient (Wildman–Crippen LogP) is 10.4. The van der Waals surface area contributed by atoms with Gasteiger partial charge in [0.1, 0.15) is 18.1 Å². The lowest BCUT2D eigenvalue weighted by molar-refractivity contribution is -0.190. The van der Waals surface area contributed by atoms with Crippen LogP contribution in [0.15, 0.2) is 41.2 Å². The maximum Gasteiger partial charge on any atom is 0.355 e. The molecule has 4 aromatic rings. The van der Waals surface area contributed by atoms with Gasteiger partial charge in [0, 0.05) is 41.7 Å². The second-order valence-corrected chi connectivity index (χ2v) is 18.0. The summed E-state index contributed by atoms with van der Waals surface area (Å²) in [5.74, 6) is -0.141. The van der Waals surface area contributed by atoms with Crippen molar-refractivity contribution in [2.24, 2.45) is 0 Å². The van der Waals surface area contributed by atoms with Gasteiger partial charge in [-0.05, 0) is 101 Å². The van der Waals surface area contributed by atoms with Gasteiger partial charge in [0.2, 0.25) is 5.60 Å². The third-order valence-electron chi connectivity index (χ3n) is 13.7. The van der Waals surface area contributed by atoms with Crippen LogP contribution in [0.25, 0.3) is 22.3 Å². The third-order valence-corrected chi connectivity index (χ3v) is 13.7. The van der Waals surface area contributed by atoms with Crippen molar-refractivity contribution in [1.29, 1.82) is 0 Å². The lowest BCUT2D eigenvalue weighted by Gasteiger charge is -2.37. The van der Waals surface area contributed by atoms with Gasteiger partial charge >= 0.3 is 11.9 Å². The number of hydrogen-bond acceptors (Lipinski definition) is 10. The second kappa shape index (κ2) is 20.2. The van der Waals surface area contributed by atoms with Crippen molar-refractivity contribution in [3.63, 3.8) is 0 Å². The average Bonchev–Trinajstić information content (AvgIpc) is 3.64. The summed E-state index contributed by atoms with van der Waals surface area (Å²) in [5.41, 5.74) is 3.86. The summed E-state index contributed by atoms with van der Waals surface area (Å²) in [6, 6.07) is 11.6. The van der Waals surface area contributed by atoms with Gasteiger partial charge in [-0.15, -0.1) is 0 Å². The van der Waals surface area contributed by atoms with Crippen molar-refractivity contribution >= 4 is 28.6 Å². The molecule has 2 atom stereocenters. The Labute approximate surface area is 372 Å². The third kappa shape index (κ3) is 9.59. The van der Waals surface area contributed by atoms with Crippen LogP contribution in [0, 0.1) is 20.8 Å². The molecule has 63 heavy (non-hydrogen) atoms. The van der Waals surface area contributed by atoms with Crippen molar-refractivity contribution in [3.8, 4) is 22.9 Å². The number of hydrogen-bond donors (Lipinski definition) is 0. The first kappa shape index (κ1) is 46.0. The number of carbonyl (C=O) groups is 3. The number of ether oxygens (including phenoxy) is 5. The highest BCUT2D eigenvalue weighted by molar-refractivity contribution is 5.89. The second-order valence-electron chi connectivity index (χ2n) is 18.0. The van der Waals surface area contributed by atoms with Crippen LogP contribution in [0.2, 0.25) is 0 Å². The predicted molar refractivity (Wildman–Crippen MR) is 243 cm³/mol. The maximum atomic E-state index is 14.0. The highest BCUT2D eigenvalue weighted by Crippen LogP contribution is 2.45. The Balaban J connectivity index is 0.938. The summed E-state index contributed by atoms with van der Waals surface area (Å²) in [4.78, 5) is 59.9. The van der Waals surface area contributed by atoms with Gasteiger partial charge in [-0.3, -0.25) is 9.59 Å². The van der Waals surface area contributed by atoms with Crippen LogP contribution < -0.4 is 15.0 Å². The number of fused-ring (bicyclic) bond motifs is 6. The first-order chi connectivity index (χ1) is 30.4. The number of nitrogens with zero attached hydrogens (tertiary/aromatic N) is 2. The normalized spacial score (nSPS) is 18.5. The molecule has 11 nitrogen and oxygen atoms in total. The number of carbonyl (C=O) groups excluding carboxylic acids is 3. The quantitative estimate of drug-likeness (QED) is 0.0489. The summed E-state index contributed by atoms with van der Waals surface area (Å²) in [7, 11) is 0. The van der Waals surface area contributed by atoms with E-state index in [0.29, 0.717) is 54.3 Å². The standard InChI is InChI=1S/C52H66N2O9/c1-7-9-10-11-15-20-27-59-28-21-16-13-12-14-17-24-44(55)51(6)26-25-39-36(5)47(34(3)35(4)48(39)63-51)60-33-45(56)62-52(8-2)41-30-43-46-38(29-37-22-18-19-23-42(37)53-46)31-54(43)49(57)40(41)32-61-50(52)58/h18-19,22-23,29-30H,7-17,20-21,24-28,31-33H2,1-6H3/t51?,52-/m0/s1. The number of cyclic esters (lactones) is 1. The van der Waals surface area contributed by atoms with E-state index in [2.05, 4.69) is 6.92 Å². The number of Topliss-reactive ketones (excluding diaryl/α,β-unsaturated/α-hetero) is 1. The molecular weight excluding hydrogens is 797 g/mol. The number of aromatic nitrogens is 2. The van der Waals surface area contributed by atoms with Crippen LogP contribution >= 0.6 is 0 Å². The van der Waals surface area contributed by atoms with E-state index >= 15 is 0 Å². The molecule has 2 aromatic carbocycles. The molecule has 338 valence electrons. The van der Waals surface area contributed by atoms with Crippen molar-refractivity contribution in [1.82, 2.24) is 9.55 Å². The SMILES string of the molecule is CCCCCCCCOCCCCCCCCC(=O)C1(C)CCc2c(C)c(OCC(=O)O[C@]3(CC)C(=O)OCc4c3cc3n(c4=O)Cc4cc5ccccc5nc4-3)c(C)c(C)c2O1. The Bertz CT molecular complexity index is 2400. The van der Waals surface area contributed by atoms with Crippen molar-refractivity contribution in [2.45, 2.75) is 169 Å². The molecule has 3 aliphatic rings. The Morgan fingerprint density at radius 2 is 1.54 bits per heavy atom. The molecule has 0 spiro atoms. The minimum atomic E-state index is -1.84. The van der Waals surface area contributed by atoms with Gasteiger partial charge < -0.3 is 28.3 Å². The Morgan fingerprint density at radius 3 is 2.27 bits per heavy atom. The first-order valence-electron chi connectivity index (χ1n) is 23.5. The highest BCUT2D eigenvalue weighted by Gasteiger charge is 2.50. The highest BCUT2D eigenvalue weighted by atomic mass is 16.6. The fourth-order valence-corrected chi connectivity index (χ4v) is 9.63. The zero-order valence-electron chi connectivity index (χ0n) is 38.4. The lowest BCUT2D eigenvalue weighted by Crippen LogP contribution is -2.48. The van der Waals surface area contributed by atoms with Gasteiger partial charge in [-0.25, -0.2) is 14.6 Å². The minimum absolute atomic E-state index is 0.0472. The minimum Gasteiger partial charge on any atom is -0.481 e. The fourth-order valence-electron chi connectivity index (χ4n) is 9.63. The Kier molecular flexibility index (Phi) is 14.7. The number of pyridine rings is 2. The van der Waals surface area contributed by atoms with Crippen molar-refractivity contribution in [2.75, 3.05) is 19.8 Å². The molecule has 5 heterocycles. The summed E-state index contributed by atoms with van der Waals surface area (Å²) in [6.45, 7) is 13.0. The van der Waals surface area contributed by atoms with Crippen molar-refractivity contribution < 1.29 is 38.1 Å². The van der Waals surface area contributed by atoms with E-state index in [4.69, 9.17) is 28.7 Å². The van der Waals surface area contributed by atoms with Crippen LogP contribution in [0.4, 0.5) is 0 Å². The first-order valence-corrected chi connectivity index (χ1v) is 23.5. The van der Waals surface area contributed by atoms with Gasteiger partial charge in [0.05, 0.1) is 29.0 Å². The van der Waals surface area contributed by atoms with E-state index in [9.17, 15) is 19.2 Å². The molecule has 0 radical (unpaired) electrons.